The van der Waals surface area contributed by atoms with Crippen LogP contribution in [0.5, 0.6) is 5.75 Å². The van der Waals surface area contributed by atoms with Gasteiger partial charge in [0.15, 0.2) is 6.10 Å². The number of rotatable bonds is 7. The summed E-state index contributed by atoms with van der Waals surface area (Å²) in [7, 11) is -3.40. The number of carbonyl (C=O) groups is 1. The second-order valence-corrected chi connectivity index (χ2v) is 8.10. The minimum atomic E-state index is -3.40. The monoisotopic (exact) mass is 396 g/mol. The van der Waals surface area contributed by atoms with Crippen molar-refractivity contribution in [2.24, 2.45) is 0 Å². The Kier molecular flexibility index (Phi) is 6.50. The van der Waals surface area contributed by atoms with Gasteiger partial charge in [-0.25, -0.2) is 8.42 Å². The van der Waals surface area contributed by atoms with Gasteiger partial charge in [-0.3, -0.25) is 9.52 Å². The Morgan fingerprint density at radius 2 is 1.92 bits per heavy atom. The van der Waals surface area contributed by atoms with Crippen molar-refractivity contribution in [3.8, 4) is 5.75 Å². The SMILES string of the molecule is Cc1cc(Cl)ccc1OC(C)C(=O)NCc1ccccc1NS(C)(=O)=O. The topological polar surface area (TPSA) is 84.5 Å². The van der Waals surface area contributed by atoms with Crippen molar-refractivity contribution in [1.29, 1.82) is 0 Å². The van der Waals surface area contributed by atoms with E-state index in [2.05, 4.69) is 10.0 Å². The molecule has 0 saturated carbocycles. The number of hydrogen-bond donors (Lipinski definition) is 2. The molecule has 8 heteroatoms. The molecule has 0 aliphatic heterocycles. The number of halogens is 1. The molecule has 1 unspecified atom stereocenters. The van der Waals surface area contributed by atoms with E-state index in [0.717, 1.165) is 11.8 Å². The number of anilines is 1. The molecule has 0 radical (unpaired) electrons. The van der Waals surface area contributed by atoms with Gasteiger partial charge in [0.2, 0.25) is 10.0 Å². The minimum Gasteiger partial charge on any atom is -0.481 e. The molecule has 1 amide bonds. The number of para-hydroxylation sites is 1. The molecule has 0 bridgehead atoms. The van der Waals surface area contributed by atoms with Crippen LogP contribution < -0.4 is 14.8 Å². The maximum atomic E-state index is 12.3. The summed E-state index contributed by atoms with van der Waals surface area (Å²) in [5, 5.41) is 3.35. The summed E-state index contributed by atoms with van der Waals surface area (Å²) in [6, 6.07) is 12.0. The lowest BCUT2D eigenvalue weighted by atomic mass is 10.2. The Bertz CT molecular complexity index is 900. The van der Waals surface area contributed by atoms with Gasteiger partial charge < -0.3 is 10.1 Å². The average molecular weight is 397 g/mol. The summed E-state index contributed by atoms with van der Waals surface area (Å²) in [5.74, 6) is 0.268. The molecule has 2 rings (SSSR count). The van der Waals surface area contributed by atoms with Gasteiger partial charge in [-0.05, 0) is 49.2 Å². The van der Waals surface area contributed by atoms with Crippen LogP contribution in [0.2, 0.25) is 5.02 Å². The van der Waals surface area contributed by atoms with Crippen LogP contribution >= 0.6 is 11.6 Å². The predicted molar refractivity (Wildman–Crippen MR) is 103 cm³/mol. The average Bonchev–Trinajstić information content (AvgIpc) is 2.54. The highest BCUT2D eigenvalue weighted by atomic mass is 35.5. The molecule has 0 heterocycles. The van der Waals surface area contributed by atoms with E-state index in [9.17, 15) is 13.2 Å². The van der Waals surface area contributed by atoms with Gasteiger partial charge in [0.25, 0.3) is 5.91 Å². The lowest BCUT2D eigenvalue weighted by molar-refractivity contribution is -0.127. The predicted octanol–water partition coefficient (Wildman–Crippen LogP) is 3.10. The molecule has 2 N–H and O–H groups in total. The van der Waals surface area contributed by atoms with E-state index in [4.69, 9.17) is 16.3 Å². The number of aryl methyl sites for hydroxylation is 1. The van der Waals surface area contributed by atoms with E-state index < -0.39 is 16.1 Å². The van der Waals surface area contributed by atoms with Crippen LogP contribution in [0.3, 0.4) is 0 Å². The number of sulfonamides is 1. The van der Waals surface area contributed by atoms with Crippen molar-refractivity contribution in [3.63, 3.8) is 0 Å². The number of amides is 1. The Labute approximate surface area is 158 Å². The summed E-state index contributed by atoms with van der Waals surface area (Å²) in [4.78, 5) is 12.3. The van der Waals surface area contributed by atoms with Crippen LogP contribution in [0.4, 0.5) is 5.69 Å². The van der Waals surface area contributed by atoms with Crippen LogP contribution in [-0.2, 0) is 21.4 Å². The third-order valence-electron chi connectivity index (χ3n) is 3.58. The van der Waals surface area contributed by atoms with Crippen molar-refractivity contribution in [1.82, 2.24) is 5.32 Å². The summed E-state index contributed by atoms with van der Waals surface area (Å²) in [5.41, 5.74) is 1.92. The third kappa shape index (κ3) is 5.93. The van der Waals surface area contributed by atoms with E-state index in [0.29, 0.717) is 22.0 Å². The van der Waals surface area contributed by atoms with Gasteiger partial charge in [-0.1, -0.05) is 29.8 Å². The van der Waals surface area contributed by atoms with E-state index in [1.165, 1.54) is 0 Å². The van der Waals surface area contributed by atoms with Crippen molar-refractivity contribution in [3.05, 3.63) is 58.6 Å². The van der Waals surface area contributed by atoms with Gasteiger partial charge in [-0.2, -0.15) is 0 Å². The van der Waals surface area contributed by atoms with Gasteiger partial charge in [0, 0.05) is 11.6 Å². The minimum absolute atomic E-state index is 0.171. The quantitative estimate of drug-likeness (QED) is 0.753. The molecular weight excluding hydrogens is 376 g/mol. The Hall–Kier alpha value is -2.25. The summed E-state index contributed by atoms with van der Waals surface area (Å²) in [6.07, 6.45) is 0.358. The molecule has 26 heavy (non-hydrogen) atoms. The van der Waals surface area contributed by atoms with Crippen molar-refractivity contribution in [2.75, 3.05) is 11.0 Å². The van der Waals surface area contributed by atoms with Crippen molar-refractivity contribution in [2.45, 2.75) is 26.5 Å². The van der Waals surface area contributed by atoms with Crippen LogP contribution in [-0.4, -0.2) is 26.7 Å². The number of nitrogens with one attached hydrogen (secondary N) is 2. The molecule has 140 valence electrons. The lowest BCUT2D eigenvalue weighted by Gasteiger charge is -2.17. The zero-order chi connectivity index (χ0) is 19.3. The zero-order valence-electron chi connectivity index (χ0n) is 14.7. The number of ether oxygens (including phenoxy) is 1. The van der Waals surface area contributed by atoms with E-state index in [-0.39, 0.29) is 12.5 Å². The Balaban J connectivity index is 2.00. The first-order valence-electron chi connectivity index (χ1n) is 7.92. The molecule has 0 aliphatic rings. The molecule has 1 atom stereocenters. The van der Waals surface area contributed by atoms with Crippen molar-refractivity contribution < 1.29 is 17.9 Å². The fraction of sp³-hybridized carbons (Fsp3) is 0.278. The van der Waals surface area contributed by atoms with E-state index in [1.807, 2.05) is 6.92 Å². The summed E-state index contributed by atoms with van der Waals surface area (Å²) >= 11 is 5.91. The fourth-order valence-electron chi connectivity index (χ4n) is 2.29. The normalized spacial score (nSPS) is 12.3. The second kappa shape index (κ2) is 8.42. The number of benzene rings is 2. The first-order chi connectivity index (χ1) is 12.2. The largest absolute Gasteiger partial charge is 0.481 e. The van der Waals surface area contributed by atoms with Crippen molar-refractivity contribution >= 4 is 33.2 Å². The van der Waals surface area contributed by atoms with Gasteiger partial charge >= 0.3 is 0 Å². The molecule has 2 aromatic rings. The number of carbonyl (C=O) groups excluding carboxylic acids is 1. The van der Waals surface area contributed by atoms with Crippen LogP contribution in [0.1, 0.15) is 18.1 Å². The zero-order valence-corrected chi connectivity index (χ0v) is 16.3. The van der Waals surface area contributed by atoms with Crippen LogP contribution in [0.25, 0.3) is 0 Å². The second-order valence-electron chi connectivity index (χ2n) is 5.92. The molecule has 0 aliphatic carbocycles. The highest BCUT2D eigenvalue weighted by Gasteiger charge is 2.16. The fourth-order valence-corrected chi connectivity index (χ4v) is 3.11. The molecule has 0 spiro atoms. The van der Waals surface area contributed by atoms with E-state index >= 15 is 0 Å². The Morgan fingerprint density at radius 1 is 1.23 bits per heavy atom. The van der Waals surface area contributed by atoms with Crippen LogP contribution in [0, 0.1) is 6.92 Å². The first kappa shape index (κ1) is 20.1. The molecule has 0 fully saturated rings. The van der Waals surface area contributed by atoms with Gasteiger partial charge in [-0.15, -0.1) is 0 Å². The van der Waals surface area contributed by atoms with Crippen LogP contribution in [0.15, 0.2) is 42.5 Å². The molecule has 0 saturated heterocycles. The molecular formula is C18H21ClN2O4S. The first-order valence-corrected chi connectivity index (χ1v) is 10.2. The number of hydrogen-bond acceptors (Lipinski definition) is 4. The highest BCUT2D eigenvalue weighted by Crippen LogP contribution is 2.23. The molecule has 0 aromatic heterocycles. The van der Waals surface area contributed by atoms with Gasteiger partial charge in [0.05, 0.1) is 11.9 Å². The molecule has 2 aromatic carbocycles. The summed E-state index contributed by atoms with van der Waals surface area (Å²) in [6.45, 7) is 3.66. The maximum Gasteiger partial charge on any atom is 0.261 e. The smallest absolute Gasteiger partial charge is 0.261 e. The van der Waals surface area contributed by atoms with Gasteiger partial charge in [0.1, 0.15) is 5.75 Å². The Morgan fingerprint density at radius 3 is 2.58 bits per heavy atom. The maximum absolute atomic E-state index is 12.3. The third-order valence-corrected chi connectivity index (χ3v) is 4.40. The summed E-state index contributed by atoms with van der Waals surface area (Å²) < 4.78 is 31.0. The molecule has 6 nitrogen and oxygen atoms in total. The highest BCUT2D eigenvalue weighted by molar-refractivity contribution is 7.92. The lowest BCUT2D eigenvalue weighted by Crippen LogP contribution is -2.36. The van der Waals surface area contributed by atoms with E-state index in [1.54, 1.807) is 49.4 Å². The standard InChI is InChI=1S/C18H21ClN2O4S/c1-12-10-15(19)8-9-17(12)25-13(2)18(22)20-11-14-6-4-5-7-16(14)21-26(3,23)24/h4-10,13,21H,11H2,1-3H3,(H,20,22).